The van der Waals surface area contributed by atoms with Crippen LogP contribution < -0.4 is 14.9 Å². The Kier molecular flexibility index (Phi) is 12.4. The summed E-state index contributed by atoms with van der Waals surface area (Å²) in [4.78, 5) is 60.9. The molecule has 5 aromatic rings. The second-order valence-electron chi connectivity index (χ2n) is 16.0. The van der Waals surface area contributed by atoms with Crippen molar-refractivity contribution < 1.29 is 36.3 Å². The number of H-pyrrole nitrogens is 2. The summed E-state index contributed by atoms with van der Waals surface area (Å²) < 4.78 is 63.6. The lowest BCUT2D eigenvalue weighted by molar-refractivity contribution is -0.135. The molecule has 3 aliphatic rings. The number of nitrogens with zero attached hydrogens (tertiary/aromatic N) is 5. The third kappa shape index (κ3) is 9.06. The first-order valence-electron chi connectivity index (χ1n) is 20.7. The number of ether oxygens (including phenoxy) is 1. The van der Waals surface area contributed by atoms with E-state index in [1.807, 2.05) is 6.07 Å². The van der Waals surface area contributed by atoms with E-state index >= 15 is 8.78 Å². The molecule has 3 aromatic carbocycles. The summed E-state index contributed by atoms with van der Waals surface area (Å²) in [5, 5.41) is 2.64. The molecule has 0 bridgehead atoms. The fourth-order valence-corrected chi connectivity index (χ4v) is 9.67. The highest BCUT2D eigenvalue weighted by molar-refractivity contribution is 7.88. The number of benzene rings is 3. The number of aromatic amines is 2. The van der Waals surface area contributed by atoms with Crippen LogP contribution in [0.1, 0.15) is 97.1 Å². The van der Waals surface area contributed by atoms with Crippen LogP contribution in [0.5, 0.6) is 0 Å². The van der Waals surface area contributed by atoms with Gasteiger partial charge in [0, 0.05) is 49.6 Å². The Balaban J connectivity index is 0.917. The average Bonchev–Trinajstić information content (AvgIpc) is 4.12. The fraction of sp³-hybridized carbons (Fsp3) is 0.386. The largest absolute Gasteiger partial charge is 0.453 e. The van der Waals surface area contributed by atoms with E-state index in [-0.39, 0.29) is 35.0 Å². The van der Waals surface area contributed by atoms with E-state index in [1.54, 1.807) is 75.5 Å². The number of anilines is 1. The molecule has 5 heterocycles. The second kappa shape index (κ2) is 18.1. The molecule has 3 saturated heterocycles. The van der Waals surface area contributed by atoms with Crippen molar-refractivity contribution in [1.82, 2.24) is 39.8 Å². The number of imidazole rings is 2. The zero-order chi connectivity index (χ0) is 43.5. The Labute approximate surface area is 358 Å². The molecule has 3 fully saturated rings. The Morgan fingerprint density at radius 2 is 1.29 bits per heavy atom. The van der Waals surface area contributed by atoms with Gasteiger partial charge in [0.2, 0.25) is 15.9 Å². The summed E-state index contributed by atoms with van der Waals surface area (Å²) in [5.41, 5.74) is 2.58. The van der Waals surface area contributed by atoms with Crippen molar-refractivity contribution in [2.75, 3.05) is 44.4 Å². The molecule has 62 heavy (non-hydrogen) atoms. The summed E-state index contributed by atoms with van der Waals surface area (Å²) in [6, 6.07) is 17.4. The monoisotopic (exact) mass is 869 g/mol. The lowest BCUT2D eigenvalue weighted by Crippen LogP contribution is -2.42. The molecule has 326 valence electrons. The maximum atomic E-state index is 15.9. The van der Waals surface area contributed by atoms with Crippen LogP contribution in [0.3, 0.4) is 0 Å². The zero-order valence-corrected chi connectivity index (χ0v) is 35.2. The van der Waals surface area contributed by atoms with E-state index in [2.05, 4.69) is 30.0 Å². The Bertz CT molecular complexity index is 2490. The molecule has 15 nitrogen and oxygen atoms in total. The lowest BCUT2D eigenvalue weighted by Gasteiger charge is -2.33. The SMILES string of the molecule is COC(=O)NC(C(=O)N1CCCC1c1ncc(-c2cc(F)c(N3CCC(c4cnc(C5CCCN5C(=O)C(NS(C)(=O)=O)c5ccccc5)[nH]4)CC3)c(F)c2)[nH]1)c1ccccc1. The van der Waals surface area contributed by atoms with Crippen LogP contribution in [-0.2, 0) is 24.3 Å². The molecule has 3 aliphatic heterocycles. The van der Waals surface area contributed by atoms with E-state index < -0.39 is 45.9 Å². The number of hydrogen-bond acceptors (Lipinski definition) is 9. The highest BCUT2D eigenvalue weighted by atomic mass is 32.2. The zero-order valence-electron chi connectivity index (χ0n) is 34.4. The summed E-state index contributed by atoms with van der Waals surface area (Å²) in [7, 11) is -2.47. The predicted octanol–water partition coefficient (Wildman–Crippen LogP) is 6.18. The maximum absolute atomic E-state index is 15.9. The molecule has 8 rings (SSSR count). The maximum Gasteiger partial charge on any atom is 0.407 e. The molecule has 3 amide bonds. The first-order valence-corrected chi connectivity index (χ1v) is 22.6. The molecule has 4 N–H and O–H groups in total. The quantitative estimate of drug-likeness (QED) is 0.114. The van der Waals surface area contributed by atoms with Gasteiger partial charge in [0.05, 0.1) is 37.3 Å². The van der Waals surface area contributed by atoms with Gasteiger partial charge >= 0.3 is 6.09 Å². The number of likely N-dealkylation sites (tertiary alicyclic amines) is 2. The number of carbonyl (C=O) groups is 3. The van der Waals surface area contributed by atoms with Crippen LogP contribution in [-0.4, -0.2) is 95.6 Å². The van der Waals surface area contributed by atoms with E-state index in [4.69, 9.17) is 4.74 Å². The first kappa shape index (κ1) is 42.5. The molecule has 0 radical (unpaired) electrons. The third-order valence-electron chi connectivity index (χ3n) is 12.0. The number of hydrogen-bond donors (Lipinski definition) is 4. The molecule has 4 unspecified atom stereocenters. The normalized spacial score (nSPS) is 19.4. The summed E-state index contributed by atoms with van der Waals surface area (Å²) in [5.74, 6) is -0.968. The van der Waals surface area contributed by atoms with Gasteiger partial charge in [0.15, 0.2) is 0 Å². The fourth-order valence-electron chi connectivity index (χ4n) is 9.01. The van der Waals surface area contributed by atoms with Gasteiger partial charge in [-0.15, -0.1) is 0 Å². The predicted molar refractivity (Wildman–Crippen MR) is 226 cm³/mol. The number of rotatable bonds is 12. The van der Waals surface area contributed by atoms with Crippen molar-refractivity contribution in [2.45, 2.75) is 68.6 Å². The number of amides is 3. The number of nitrogens with one attached hydrogen (secondary N) is 4. The van der Waals surface area contributed by atoms with Gasteiger partial charge in [-0.3, -0.25) is 9.59 Å². The highest BCUT2D eigenvalue weighted by Gasteiger charge is 2.39. The number of sulfonamides is 1. The third-order valence-corrected chi connectivity index (χ3v) is 12.7. The second-order valence-corrected chi connectivity index (χ2v) is 17.8. The molecule has 0 saturated carbocycles. The molecular weight excluding hydrogens is 821 g/mol. The van der Waals surface area contributed by atoms with E-state index in [1.165, 1.54) is 25.4 Å². The van der Waals surface area contributed by atoms with Crippen molar-refractivity contribution in [2.24, 2.45) is 0 Å². The van der Waals surface area contributed by atoms with Crippen molar-refractivity contribution in [3.63, 3.8) is 0 Å². The number of piperidine rings is 1. The van der Waals surface area contributed by atoms with Gasteiger partial charge in [0.1, 0.15) is 41.1 Å². The molecule has 4 atom stereocenters. The van der Waals surface area contributed by atoms with Gasteiger partial charge in [0.25, 0.3) is 5.91 Å². The van der Waals surface area contributed by atoms with Crippen LogP contribution in [0.15, 0.2) is 85.2 Å². The molecular formula is C44H49F2N9O6S. The van der Waals surface area contributed by atoms with Crippen LogP contribution in [0.2, 0.25) is 0 Å². The molecule has 0 aliphatic carbocycles. The van der Waals surface area contributed by atoms with Gasteiger partial charge in [-0.1, -0.05) is 60.7 Å². The smallest absolute Gasteiger partial charge is 0.407 e. The minimum Gasteiger partial charge on any atom is -0.453 e. The van der Waals surface area contributed by atoms with Gasteiger partial charge in [-0.25, -0.2) is 32.0 Å². The van der Waals surface area contributed by atoms with Crippen molar-refractivity contribution in [1.29, 1.82) is 0 Å². The number of aromatic nitrogens is 4. The topological polar surface area (TPSA) is 186 Å². The van der Waals surface area contributed by atoms with Crippen molar-refractivity contribution in [3.8, 4) is 11.3 Å². The van der Waals surface area contributed by atoms with Crippen LogP contribution in [0, 0.1) is 11.6 Å². The molecule has 2 aromatic heterocycles. The summed E-state index contributed by atoms with van der Waals surface area (Å²) in [6.45, 7) is 1.68. The number of methoxy groups -OCH3 is 1. The average molecular weight is 870 g/mol. The van der Waals surface area contributed by atoms with Crippen molar-refractivity contribution >= 4 is 33.6 Å². The highest BCUT2D eigenvalue weighted by Crippen LogP contribution is 2.38. The Hall–Kier alpha value is -6.14. The standard InChI is InChI=1S/C44H49F2N9O6S/c1-61-44(58)51-37(28-11-5-3-6-12-28)42(56)54-19-9-15-35(54)41-48-26-34(50-41)30-23-31(45)39(32(46)24-30)53-21-17-27(18-22-53)33-25-47-40(49-33)36-16-10-20-55(36)43(57)38(52-62(2,59)60)29-13-7-4-8-14-29/h3-8,11-14,23-27,35-38,52H,9-10,15-22H2,1-2H3,(H,47,49)(H,48,50)(H,51,58). The van der Waals surface area contributed by atoms with E-state index in [0.29, 0.717) is 86.8 Å². The molecule has 0 spiro atoms. The van der Waals surface area contributed by atoms with E-state index in [9.17, 15) is 22.8 Å². The summed E-state index contributed by atoms with van der Waals surface area (Å²) >= 11 is 0. The van der Waals surface area contributed by atoms with Gasteiger partial charge in [-0.05, 0) is 61.8 Å². The number of halogens is 2. The molecule has 18 heteroatoms. The Morgan fingerprint density at radius 3 is 1.85 bits per heavy atom. The van der Waals surface area contributed by atoms with Gasteiger partial charge in [-0.2, -0.15) is 4.72 Å². The van der Waals surface area contributed by atoms with Crippen molar-refractivity contribution in [3.05, 3.63) is 125 Å². The van der Waals surface area contributed by atoms with Gasteiger partial charge < -0.3 is 34.7 Å². The minimum absolute atomic E-state index is 0.0390. The van der Waals surface area contributed by atoms with E-state index in [0.717, 1.165) is 18.4 Å². The number of alkyl carbamates (subject to hydrolysis) is 1. The van der Waals surface area contributed by atoms with Crippen LogP contribution in [0.25, 0.3) is 11.3 Å². The summed E-state index contributed by atoms with van der Waals surface area (Å²) in [6.07, 6.45) is 7.46. The minimum atomic E-state index is -3.70. The van der Waals surface area contributed by atoms with Crippen LogP contribution in [0.4, 0.5) is 19.3 Å². The number of carbonyl (C=O) groups excluding carboxylic acids is 3. The van der Waals surface area contributed by atoms with Crippen LogP contribution >= 0.6 is 0 Å². The Morgan fingerprint density at radius 1 is 0.758 bits per heavy atom. The first-order chi connectivity index (χ1) is 29.9. The lowest BCUT2D eigenvalue weighted by atomic mass is 9.93.